The molecule has 3 aromatic rings. The first-order chi connectivity index (χ1) is 21.0. The molecule has 9 heteroatoms. The van der Waals surface area contributed by atoms with Crippen LogP contribution in [0.25, 0.3) is 0 Å². The number of likely N-dealkylation sites (tertiary alicyclic amines) is 1. The molecule has 2 atom stereocenters. The molecule has 3 aromatic carbocycles. The molecule has 1 fully saturated rings. The molecule has 2 unspecified atom stereocenters. The summed E-state index contributed by atoms with van der Waals surface area (Å²) in [4.78, 5) is 28.3. The lowest BCUT2D eigenvalue weighted by Crippen LogP contribution is -2.47. The van der Waals surface area contributed by atoms with Crippen LogP contribution in [-0.4, -0.2) is 74.7 Å². The van der Waals surface area contributed by atoms with Crippen LogP contribution >= 0.6 is 0 Å². The lowest BCUT2D eigenvalue weighted by Gasteiger charge is -2.38. The lowest BCUT2D eigenvalue weighted by atomic mass is 9.86. The Morgan fingerprint density at radius 3 is 2.51 bits per heavy atom. The summed E-state index contributed by atoms with van der Waals surface area (Å²) >= 11 is 0. The van der Waals surface area contributed by atoms with Crippen LogP contribution in [0, 0.1) is 0 Å². The summed E-state index contributed by atoms with van der Waals surface area (Å²) in [5.74, 6) is 0.0595. The number of anilines is 1. The Balaban J connectivity index is 1.29. The standard InChI is InChI=1S/C34H40N2O7/c1-40-18-5-15-35-17-19-41-31-13-10-27(20-30(31)35)24-42-32-22-36(34(39)43-23-26-6-3-2-4-7-26)16-14-29(32)28-11-8-25(9-12-28)21-33(37)38/h2-4,6-13,20,29,32H,5,14-19,21-24H2,1H3,(H,37,38). The van der Waals surface area contributed by atoms with Gasteiger partial charge in [0.05, 0.1) is 37.9 Å². The van der Waals surface area contributed by atoms with E-state index >= 15 is 0 Å². The molecule has 0 radical (unpaired) electrons. The van der Waals surface area contributed by atoms with Gasteiger partial charge in [-0.25, -0.2) is 4.79 Å². The summed E-state index contributed by atoms with van der Waals surface area (Å²) in [6, 6.07) is 23.5. The first-order valence-electron chi connectivity index (χ1n) is 14.9. The number of piperidine rings is 1. The number of hydrogen-bond donors (Lipinski definition) is 1. The normalized spacial score (nSPS) is 18.1. The van der Waals surface area contributed by atoms with E-state index in [1.807, 2.05) is 66.7 Å². The first-order valence-corrected chi connectivity index (χ1v) is 14.9. The Morgan fingerprint density at radius 1 is 0.953 bits per heavy atom. The van der Waals surface area contributed by atoms with Crippen molar-refractivity contribution in [3.8, 4) is 5.75 Å². The second-order valence-electron chi connectivity index (χ2n) is 11.0. The minimum Gasteiger partial charge on any atom is -0.490 e. The van der Waals surface area contributed by atoms with E-state index in [1.165, 1.54) is 0 Å². The number of amides is 1. The van der Waals surface area contributed by atoms with Crippen molar-refractivity contribution < 1.29 is 33.6 Å². The molecule has 2 aliphatic rings. The number of ether oxygens (including phenoxy) is 4. The van der Waals surface area contributed by atoms with E-state index in [2.05, 4.69) is 11.0 Å². The summed E-state index contributed by atoms with van der Waals surface area (Å²) in [6.07, 6.45) is 0.992. The van der Waals surface area contributed by atoms with Crippen LogP contribution in [0.2, 0.25) is 0 Å². The number of hydrogen-bond acceptors (Lipinski definition) is 7. The molecule has 228 valence electrons. The fourth-order valence-corrected chi connectivity index (χ4v) is 5.74. The monoisotopic (exact) mass is 588 g/mol. The Labute approximate surface area is 252 Å². The van der Waals surface area contributed by atoms with Crippen molar-refractivity contribution in [1.29, 1.82) is 0 Å². The highest BCUT2D eigenvalue weighted by molar-refractivity contribution is 5.70. The van der Waals surface area contributed by atoms with Gasteiger partial charge >= 0.3 is 12.1 Å². The van der Waals surface area contributed by atoms with Gasteiger partial charge in [0.2, 0.25) is 0 Å². The van der Waals surface area contributed by atoms with E-state index in [1.54, 1.807) is 12.0 Å². The third-order valence-corrected chi connectivity index (χ3v) is 8.01. The highest BCUT2D eigenvalue weighted by Gasteiger charge is 2.34. The van der Waals surface area contributed by atoms with E-state index in [9.17, 15) is 9.59 Å². The molecule has 2 aliphatic heterocycles. The summed E-state index contributed by atoms with van der Waals surface area (Å²) < 4.78 is 23.4. The molecule has 0 saturated carbocycles. The number of carbonyl (C=O) groups excluding carboxylic acids is 1. The molecule has 2 heterocycles. The van der Waals surface area contributed by atoms with Crippen molar-refractivity contribution in [3.63, 3.8) is 0 Å². The number of carbonyl (C=O) groups is 2. The molecular formula is C34H40N2O7. The zero-order valence-electron chi connectivity index (χ0n) is 24.7. The molecule has 0 bridgehead atoms. The fourth-order valence-electron chi connectivity index (χ4n) is 5.74. The van der Waals surface area contributed by atoms with Crippen molar-refractivity contribution in [1.82, 2.24) is 4.90 Å². The number of carboxylic acids is 1. The van der Waals surface area contributed by atoms with Gasteiger partial charge < -0.3 is 33.9 Å². The van der Waals surface area contributed by atoms with Gasteiger partial charge in [0.25, 0.3) is 0 Å². The van der Waals surface area contributed by atoms with E-state index < -0.39 is 5.97 Å². The van der Waals surface area contributed by atoms with Crippen LogP contribution in [0.5, 0.6) is 5.75 Å². The number of rotatable bonds is 12. The SMILES string of the molecule is COCCCN1CCOc2ccc(COC3CN(C(=O)OCc4ccccc4)CCC3c3ccc(CC(=O)O)cc3)cc21. The van der Waals surface area contributed by atoms with Gasteiger partial charge in [-0.2, -0.15) is 0 Å². The number of fused-ring (bicyclic) bond motifs is 1. The molecule has 1 N–H and O–H groups in total. The Hall–Kier alpha value is -4.08. The topological polar surface area (TPSA) is 97.8 Å². The number of aliphatic carboxylic acids is 1. The number of methoxy groups -OCH3 is 1. The van der Waals surface area contributed by atoms with Gasteiger partial charge in [-0.05, 0) is 47.2 Å². The van der Waals surface area contributed by atoms with E-state index in [4.69, 9.17) is 24.1 Å². The molecule has 0 spiro atoms. The van der Waals surface area contributed by atoms with Crippen molar-refractivity contribution >= 4 is 17.7 Å². The lowest BCUT2D eigenvalue weighted by molar-refractivity contribution is -0.136. The van der Waals surface area contributed by atoms with Crippen molar-refractivity contribution in [2.75, 3.05) is 51.4 Å². The van der Waals surface area contributed by atoms with Gasteiger partial charge in [0, 0.05) is 32.7 Å². The Kier molecular flexibility index (Phi) is 10.5. The van der Waals surface area contributed by atoms with Crippen LogP contribution in [0.4, 0.5) is 10.5 Å². The maximum atomic E-state index is 13.1. The van der Waals surface area contributed by atoms with Crippen LogP contribution in [-0.2, 0) is 38.6 Å². The Morgan fingerprint density at radius 2 is 1.74 bits per heavy atom. The zero-order chi connectivity index (χ0) is 30.0. The minimum atomic E-state index is -0.857. The number of benzene rings is 3. The summed E-state index contributed by atoms with van der Waals surface area (Å²) in [5, 5.41) is 9.16. The quantitative estimate of drug-likeness (QED) is 0.286. The van der Waals surface area contributed by atoms with E-state index in [0.29, 0.717) is 39.3 Å². The van der Waals surface area contributed by atoms with Crippen LogP contribution in [0.3, 0.4) is 0 Å². The predicted molar refractivity (Wildman–Crippen MR) is 163 cm³/mol. The van der Waals surface area contributed by atoms with Crippen LogP contribution in [0.15, 0.2) is 72.8 Å². The van der Waals surface area contributed by atoms with Crippen LogP contribution < -0.4 is 9.64 Å². The molecule has 0 aromatic heterocycles. The van der Waals surface area contributed by atoms with Crippen molar-refractivity contribution in [2.45, 2.75) is 44.5 Å². The molecule has 1 amide bonds. The maximum absolute atomic E-state index is 13.1. The average molecular weight is 589 g/mol. The summed E-state index contributed by atoms with van der Waals surface area (Å²) in [6.45, 7) is 4.61. The smallest absolute Gasteiger partial charge is 0.410 e. The molecular weight excluding hydrogens is 548 g/mol. The zero-order valence-corrected chi connectivity index (χ0v) is 24.7. The second kappa shape index (κ2) is 14.9. The Bertz CT molecular complexity index is 1350. The molecule has 1 saturated heterocycles. The highest BCUT2D eigenvalue weighted by Crippen LogP contribution is 2.35. The maximum Gasteiger partial charge on any atom is 0.410 e. The first kappa shape index (κ1) is 30.4. The second-order valence-corrected chi connectivity index (χ2v) is 11.0. The predicted octanol–water partition coefficient (Wildman–Crippen LogP) is 5.26. The van der Waals surface area contributed by atoms with Crippen molar-refractivity contribution in [2.24, 2.45) is 0 Å². The van der Waals surface area contributed by atoms with Gasteiger partial charge in [0.15, 0.2) is 0 Å². The molecule has 43 heavy (non-hydrogen) atoms. The number of nitrogens with zero attached hydrogens (tertiary/aromatic N) is 2. The fraction of sp³-hybridized carbons (Fsp3) is 0.412. The third-order valence-electron chi connectivity index (χ3n) is 8.01. The number of carboxylic acid groups (broad SMARTS) is 1. The minimum absolute atomic E-state index is 0.0174. The molecule has 9 nitrogen and oxygen atoms in total. The molecule has 5 rings (SSSR count). The largest absolute Gasteiger partial charge is 0.490 e. The average Bonchev–Trinajstić information content (AvgIpc) is 3.03. The van der Waals surface area contributed by atoms with Gasteiger partial charge in [-0.15, -0.1) is 0 Å². The van der Waals surface area contributed by atoms with Crippen LogP contribution in [0.1, 0.15) is 41.0 Å². The van der Waals surface area contributed by atoms with Crippen molar-refractivity contribution in [3.05, 3.63) is 95.1 Å². The molecule has 0 aliphatic carbocycles. The summed E-state index contributed by atoms with van der Waals surface area (Å²) in [5.41, 5.74) is 4.85. The third kappa shape index (κ3) is 8.27. The van der Waals surface area contributed by atoms with Gasteiger partial charge in [-0.3, -0.25) is 4.79 Å². The van der Waals surface area contributed by atoms with Gasteiger partial charge in [0.1, 0.15) is 19.0 Å². The van der Waals surface area contributed by atoms with E-state index in [-0.39, 0.29) is 31.1 Å². The summed E-state index contributed by atoms with van der Waals surface area (Å²) in [7, 11) is 1.72. The van der Waals surface area contributed by atoms with Gasteiger partial charge in [-0.1, -0.05) is 60.7 Å². The van der Waals surface area contributed by atoms with E-state index in [0.717, 1.165) is 53.2 Å². The highest BCUT2D eigenvalue weighted by atomic mass is 16.6.